The van der Waals surface area contributed by atoms with E-state index in [-0.39, 0.29) is 5.91 Å². The molecule has 0 aliphatic carbocycles. The fourth-order valence-corrected chi connectivity index (χ4v) is 2.21. The lowest BCUT2D eigenvalue weighted by Gasteiger charge is -2.15. The summed E-state index contributed by atoms with van der Waals surface area (Å²) < 4.78 is 5.01. The quantitative estimate of drug-likeness (QED) is 0.818. The SMILES string of the molecule is Cc1ccc(CCCC(=O)N(C)Cc2cc(C)on2)cc1. The van der Waals surface area contributed by atoms with Crippen LogP contribution in [0, 0.1) is 13.8 Å². The van der Waals surface area contributed by atoms with Crippen LogP contribution in [0.2, 0.25) is 0 Å². The third-order valence-electron chi connectivity index (χ3n) is 3.48. The molecule has 0 saturated carbocycles. The number of aromatic nitrogens is 1. The number of rotatable bonds is 6. The van der Waals surface area contributed by atoms with Gasteiger partial charge in [0, 0.05) is 19.5 Å². The Morgan fingerprint density at radius 1 is 1.24 bits per heavy atom. The average molecular weight is 286 g/mol. The lowest BCUT2D eigenvalue weighted by atomic mass is 10.1. The number of carbonyl (C=O) groups excluding carboxylic acids is 1. The zero-order valence-corrected chi connectivity index (χ0v) is 12.9. The second kappa shape index (κ2) is 7.07. The van der Waals surface area contributed by atoms with E-state index in [4.69, 9.17) is 4.52 Å². The van der Waals surface area contributed by atoms with Crippen LogP contribution in [0.15, 0.2) is 34.9 Å². The number of benzene rings is 1. The van der Waals surface area contributed by atoms with Crippen molar-refractivity contribution in [1.29, 1.82) is 0 Å². The van der Waals surface area contributed by atoms with Crippen molar-refractivity contribution in [3.8, 4) is 0 Å². The monoisotopic (exact) mass is 286 g/mol. The van der Waals surface area contributed by atoms with Crippen molar-refractivity contribution >= 4 is 5.91 Å². The minimum Gasteiger partial charge on any atom is -0.361 e. The van der Waals surface area contributed by atoms with Gasteiger partial charge in [0.1, 0.15) is 11.5 Å². The van der Waals surface area contributed by atoms with Gasteiger partial charge in [0.2, 0.25) is 5.91 Å². The lowest BCUT2D eigenvalue weighted by molar-refractivity contribution is -0.130. The summed E-state index contributed by atoms with van der Waals surface area (Å²) in [6, 6.07) is 10.3. The Kier molecular flexibility index (Phi) is 5.14. The number of nitrogens with zero attached hydrogens (tertiary/aromatic N) is 2. The highest BCUT2D eigenvalue weighted by molar-refractivity contribution is 5.75. The van der Waals surface area contributed by atoms with Gasteiger partial charge in [0.05, 0.1) is 6.54 Å². The normalized spacial score (nSPS) is 10.6. The molecule has 2 aromatic rings. The van der Waals surface area contributed by atoms with Crippen molar-refractivity contribution < 1.29 is 9.32 Å². The van der Waals surface area contributed by atoms with E-state index in [1.165, 1.54) is 11.1 Å². The average Bonchev–Trinajstić information content (AvgIpc) is 2.86. The summed E-state index contributed by atoms with van der Waals surface area (Å²) >= 11 is 0. The zero-order valence-electron chi connectivity index (χ0n) is 12.9. The maximum atomic E-state index is 12.1. The molecular weight excluding hydrogens is 264 g/mol. The Morgan fingerprint density at radius 2 is 1.95 bits per heavy atom. The van der Waals surface area contributed by atoms with E-state index in [9.17, 15) is 4.79 Å². The first-order chi connectivity index (χ1) is 10.0. The number of aryl methyl sites for hydroxylation is 3. The summed E-state index contributed by atoms with van der Waals surface area (Å²) in [5.41, 5.74) is 3.34. The highest BCUT2D eigenvalue weighted by Crippen LogP contribution is 2.10. The first-order valence-electron chi connectivity index (χ1n) is 7.26. The molecule has 0 unspecified atom stereocenters. The molecule has 1 aromatic carbocycles. The Morgan fingerprint density at radius 3 is 2.57 bits per heavy atom. The molecule has 0 aliphatic heterocycles. The molecule has 0 bridgehead atoms. The highest BCUT2D eigenvalue weighted by atomic mass is 16.5. The van der Waals surface area contributed by atoms with Gasteiger partial charge in [-0.05, 0) is 32.3 Å². The third kappa shape index (κ3) is 4.74. The second-order valence-electron chi connectivity index (χ2n) is 5.52. The molecule has 21 heavy (non-hydrogen) atoms. The van der Waals surface area contributed by atoms with Crippen LogP contribution < -0.4 is 0 Å². The molecule has 1 aromatic heterocycles. The molecule has 0 N–H and O–H groups in total. The van der Waals surface area contributed by atoms with E-state index < -0.39 is 0 Å². The predicted octanol–water partition coefficient (Wildman–Crippen LogP) is 3.27. The van der Waals surface area contributed by atoms with E-state index in [2.05, 4.69) is 36.3 Å². The molecule has 0 atom stereocenters. The molecule has 0 saturated heterocycles. The van der Waals surface area contributed by atoms with Crippen LogP contribution in [-0.4, -0.2) is 23.0 Å². The topological polar surface area (TPSA) is 46.3 Å². The third-order valence-corrected chi connectivity index (χ3v) is 3.48. The van der Waals surface area contributed by atoms with Gasteiger partial charge in [-0.3, -0.25) is 4.79 Å². The maximum absolute atomic E-state index is 12.1. The summed E-state index contributed by atoms with van der Waals surface area (Å²) in [6.07, 6.45) is 2.36. The standard InChI is InChI=1S/C17H22N2O2/c1-13-7-9-15(10-8-13)5-4-6-17(20)19(3)12-16-11-14(2)21-18-16/h7-11H,4-6,12H2,1-3H3. The first kappa shape index (κ1) is 15.3. The van der Waals surface area contributed by atoms with Crippen LogP contribution in [0.3, 0.4) is 0 Å². The van der Waals surface area contributed by atoms with Gasteiger partial charge in [-0.2, -0.15) is 0 Å². The summed E-state index contributed by atoms with van der Waals surface area (Å²) in [7, 11) is 1.80. The smallest absolute Gasteiger partial charge is 0.222 e. The van der Waals surface area contributed by atoms with Gasteiger partial charge in [0.15, 0.2) is 0 Å². The van der Waals surface area contributed by atoms with Crippen molar-refractivity contribution in [2.75, 3.05) is 7.05 Å². The summed E-state index contributed by atoms with van der Waals surface area (Å²) in [6.45, 7) is 4.43. The van der Waals surface area contributed by atoms with E-state index in [1.54, 1.807) is 11.9 Å². The minimum absolute atomic E-state index is 0.141. The predicted molar refractivity (Wildman–Crippen MR) is 81.8 cm³/mol. The van der Waals surface area contributed by atoms with Crippen molar-refractivity contribution in [3.05, 3.63) is 52.9 Å². The van der Waals surface area contributed by atoms with Crippen LogP contribution in [0.5, 0.6) is 0 Å². The Balaban J connectivity index is 1.74. The van der Waals surface area contributed by atoms with Crippen molar-refractivity contribution in [2.45, 2.75) is 39.7 Å². The zero-order chi connectivity index (χ0) is 15.2. The molecule has 0 spiro atoms. The van der Waals surface area contributed by atoms with Crippen molar-refractivity contribution in [3.63, 3.8) is 0 Å². The maximum Gasteiger partial charge on any atom is 0.222 e. The van der Waals surface area contributed by atoms with Gasteiger partial charge in [0.25, 0.3) is 0 Å². The van der Waals surface area contributed by atoms with Gasteiger partial charge < -0.3 is 9.42 Å². The number of carbonyl (C=O) groups is 1. The van der Waals surface area contributed by atoms with E-state index >= 15 is 0 Å². The van der Waals surface area contributed by atoms with Crippen LogP contribution in [-0.2, 0) is 17.8 Å². The lowest BCUT2D eigenvalue weighted by Crippen LogP contribution is -2.26. The van der Waals surface area contributed by atoms with Crippen LogP contribution >= 0.6 is 0 Å². The van der Waals surface area contributed by atoms with Crippen molar-refractivity contribution in [2.24, 2.45) is 0 Å². The number of hydrogen-bond donors (Lipinski definition) is 0. The van der Waals surface area contributed by atoms with Gasteiger partial charge in [-0.15, -0.1) is 0 Å². The van der Waals surface area contributed by atoms with Crippen LogP contribution in [0.25, 0.3) is 0 Å². The number of amides is 1. The van der Waals surface area contributed by atoms with E-state index in [1.807, 2.05) is 13.0 Å². The minimum atomic E-state index is 0.141. The van der Waals surface area contributed by atoms with E-state index in [0.717, 1.165) is 24.3 Å². The fourth-order valence-electron chi connectivity index (χ4n) is 2.21. The van der Waals surface area contributed by atoms with Crippen LogP contribution in [0.4, 0.5) is 0 Å². The Bertz CT molecular complexity index is 587. The molecule has 1 heterocycles. The summed E-state index contributed by atoms with van der Waals surface area (Å²) in [4.78, 5) is 13.8. The fraction of sp³-hybridized carbons (Fsp3) is 0.412. The van der Waals surface area contributed by atoms with Gasteiger partial charge in [-0.25, -0.2) is 0 Å². The first-order valence-corrected chi connectivity index (χ1v) is 7.26. The Hall–Kier alpha value is -2.10. The Labute approximate surface area is 125 Å². The highest BCUT2D eigenvalue weighted by Gasteiger charge is 2.11. The molecular formula is C17H22N2O2. The van der Waals surface area contributed by atoms with Crippen molar-refractivity contribution in [1.82, 2.24) is 10.1 Å². The second-order valence-corrected chi connectivity index (χ2v) is 5.52. The molecule has 112 valence electrons. The molecule has 1 amide bonds. The molecule has 0 fully saturated rings. The molecule has 0 radical (unpaired) electrons. The summed E-state index contributed by atoms with van der Waals surface area (Å²) in [5.74, 6) is 0.910. The van der Waals surface area contributed by atoms with Gasteiger partial charge in [-0.1, -0.05) is 35.0 Å². The van der Waals surface area contributed by atoms with Gasteiger partial charge >= 0.3 is 0 Å². The van der Waals surface area contributed by atoms with Crippen LogP contribution in [0.1, 0.15) is 35.4 Å². The molecule has 4 heteroatoms. The molecule has 2 rings (SSSR count). The molecule has 0 aliphatic rings. The summed E-state index contributed by atoms with van der Waals surface area (Å²) in [5, 5.41) is 3.91. The molecule has 4 nitrogen and oxygen atoms in total. The largest absolute Gasteiger partial charge is 0.361 e. The van der Waals surface area contributed by atoms with E-state index in [0.29, 0.717) is 13.0 Å². The number of hydrogen-bond acceptors (Lipinski definition) is 3.